The molecule has 0 aliphatic heterocycles. The molecule has 0 aromatic carbocycles. The van der Waals surface area contributed by atoms with Crippen molar-refractivity contribution in [3.05, 3.63) is 30.0 Å². The second-order valence-electron chi connectivity index (χ2n) is 7.75. The SMILES string of the molecule is CCCCCCC=C[C@H]1CCC(=O)[C@@H]1CC=C=CC(CCC)C(O)(O)C(=O)O. The number of hydrogen-bond acceptors (Lipinski definition) is 4. The third-order valence-corrected chi connectivity index (χ3v) is 5.48. The number of hydrogen-bond donors (Lipinski definition) is 3. The Labute approximate surface area is 168 Å². The van der Waals surface area contributed by atoms with Crippen LogP contribution in [0.5, 0.6) is 0 Å². The van der Waals surface area contributed by atoms with E-state index in [1.54, 1.807) is 6.08 Å². The van der Waals surface area contributed by atoms with Gasteiger partial charge in [-0.1, -0.05) is 51.7 Å². The van der Waals surface area contributed by atoms with Gasteiger partial charge < -0.3 is 15.3 Å². The van der Waals surface area contributed by atoms with Crippen molar-refractivity contribution in [1.82, 2.24) is 0 Å². The van der Waals surface area contributed by atoms with Crippen LogP contribution >= 0.6 is 0 Å². The summed E-state index contributed by atoms with van der Waals surface area (Å²) in [5.41, 5.74) is 2.88. The monoisotopic (exact) mass is 392 g/mol. The highest BCUT2D eigenvalue weighted by molar-refractivity contribution is 5.83. The van der Waals surface area contributed by atoms with Gasteiger partial charge in [-0.05, 0) is 50.2 Å². The summed E-state index contributed by atoms with van der Waals surface area (Å²) < 4.78 is 0. The summed E-state index contributed by atoms with van der Waals surface area (Å²) in [6.07, 6.45) is 16.4. The molecule has 1 saturated carbocycles. The maximum absolute atomic E-state index is 12.2. The third kappa shape index (κ3) is 7.75. The topological polar surface area (TPSA) is 94.8 Å². The normalized spacial score (nSPS) is 20.9. The largest absolute Gasteiger partial charge is 0.477 e. The van der Waals surface area contributed by atoms with Gasteiger partial charge in [0.1, 0.15) is 5.78 Å². The van der Waals surface area contributed by atoms with Crippen molar-refractivity contribution in [2.45, 2.75) is 83.8 Å². The van der Waals surface area contributed by atoms with Gasteiger partial charge in [0.15, 0.2) is 0 Å². The summed E-state index contributed by atoms with van der Waals surface area (Å²) >= 11 is 0. The lowest BCUT2D eigenvalue weighted by atomic mass is 9.91. The van der Waals surface area contributed by atoms with Crippen LogP contribution < -0.4 is 0 Å². The highest BCUT2D eigenvalue weighted by Gasteiger charge is 2.40. The highest BCUT2D eigenvalue weighted by atomic mass is 16.5. The molecule has 28 heavy (non-hydrogen) atoms. The van der Waals surface area contributed by atoms with Gasteiger partial charge in [-0.15, -0.1) is 5.73 Å². The van der Waals surface area contributed by atoms with Crippen molar-refractivity contribution in [2.24, 2.45) is 17.8 Å². The molecule has 0 amide bonds. The maximum Gasteiger partial charge on any atom is 0.364 e. The van der Waals surface area contributed by atoms with E-state index in [0.717, 1.165) is 12.8 Å². The summed E-state index contributed by atoms with van der Waals surface area (Å²) in [6, 6.07) is 0. The highest BCUT2D eigenvalue weighted by Crippen LogP contribution is 2.33. The summed E-state index contributed by atoms with van der Waals surface area (Å²) in [5.74, 6) is -4.97. The first kappa shape index (κ1) is 24.4. The molecule has 0 spiro atoms. The molecule has 1 fully saturated rings. The number of ketones is 1. The van der Waals surface area contributed by atoms with Crippen LogP contribution in [0.1, 0.15) is 78.1 Å². The summed E-state index contributed by atoms with van der Waals surface area (Å²) in [7, 11) is 0. The van der Waals surface area contributed by atoms with Gasteiger partial charge >= 0.3 is 5.97 Å². The van der Waals surface area contributed by atoms with Gasteiger partial charge in [-0.25, -0.2) is 4.79 Å². The van der Waals surface area contributed by atoms with Crippen LogP contribution in [0, 0.1) is 17.8 Å². The van der Waals surface area contributed by atoms with Crippen LogP contribution in [0.3, 0.4) is 0 Å². The van der Waals surface area contributed by atoms with Gasteiger partial charge in [0.05, 0.1) is 0 Å². The Hall–Kier alpha value is -1.68. The fourth-order valence-electron chi connectivity index (χ4n) is 3.68. The molecule has 0 aromatic rings. The minimum atomic E-state index is -2.80. The first-order valence-corrected chi connectivity index (χ1v) is 10.6. The molecule has 1 unspecified atom stereocenters. The van der Waals surface area contributed by atoms with E-state index in [-0.39, 0.29) is 17.6 Å². The number of allylic oxidation sites excluding steroid dienone is 2. The van der Waals surface area contributed by atoms with Gasteiger partial charge in [-0.3, -0.25) is 4.79 Å². The number of aliphatic hydroxyl groups is 2. The number of carbonyl (C=O) groups is 2. The first-order valence-electron chi connectivity index (χ1n) is 10.6. The van der Waals surface area contributed by atoms with E-state index in [0.29, 0.717) is 25.7 Å². The molecular weight excluding hydrogens is 356 g/mol. The van der Waals surface area contributed by atoms with Gasteiger partial charge in [0, 0.05) is 18.3 Å². The Bertz CT molecular complexity index is 584. The van der Waals surface area contributed by atoms with Crippen LogP contribution in [0.2, 0.25) is 0 Å². The molecule has 0 heterocycles. The minimum absolute atomic E-state index is 0.0649. The second-order valence-corrected chi connectivity index (χ2v) is 7.75. The number of carboxylic acid groups (broad SMARTS) is 1. The fraction of sp³-hybridized carbons (Fsp3) is 0.696. The van der Waals surface area contributed by atoms with Crippen molar-refractivity contribution in [2.75, 3.05) is 0 Å². The predicted molar refractivity (Wildman–Crippen MR) is 110 cm³/mol. The zero-order valence-corrected chi connectivity index (χ0v) is 17.3. The fourth-order valence-corrected chi connectivity index (χ4v) is 3.68. The van der Waals surface area contributed by atoms with Crippen LogP contribution in [-0.2, 0) is 9.59 Å². The zero-order chi connectivity index (χ0) is 21.0. The van der Waals surface area contributed by atoms with E-state index in [9.17, 15) is 19.8 Å². The van der Waals surface area contributed by atoms with E-state index in [1.165, 1.54) is 31.8 Å². The standard InChI is InChI=1S/C23H36O5/c1-3-5-6-7-8-9-13-18-16-17-21(24)20(18)15-11-10-14-19(12-4-2)23(27,28)22(25)26/h9,11,13-14,18-20,27-28H,3-8,12,15-17H2,1-2H3,(H,25,26)/t10?,18-,19?,20+/m0/s1. The molecule has 0 saturated heterocycles. The minimum Gasteiger partial charge on any atom is -0.477 e. The maximum atomic E-state index is 12.2. The van der Waals surface area contributed by atoms with E-state index < -0.39 is 17.7 Å². The van der Waals surface area contributed by atoms with E-state index in [2.05, 4.69) is 24.8 Å². The van der Waals surface area contributed by atoms with Crippen molar-refractivity contribution in [3.63, 3.8) is 0 Å². The average molecular weight is 393 g/mol. The molecule has 158 valence electrons. The molecule has 5 nitrogen and oxygen atoms in total. The number of carboxylic acids is 1. The Kier molecular flexibility index (Phi) is 11.1. The Morgan fingerprint density at radius 3 is 2.64 bits per heavy atom. The lowest BCUT2D eigenvalue weighted by Crippen LogP contribution is -2.44. The molecule has 1 aliphatic rings. The van der Waals surface area contributed by atoms with Gasteiger partial charge in [0.25, 0.3) is 5.79 Å². The molecule has 0 aromatic heterocycles. The summed E-state index contributed by atoms with van der Waals surface area (Å²) in [5, 5.41) is 28.5. The van der Waals surface area contributed by atoms with Crippen LogP contribution in [0.4, 0.5) is 0 Å². The van der Waals surface area contributed by atoms with Crippen LogP contribution in [-0.4, -0.2) is 32.9 Å². The smallest absolute Gasteiger partial charge is 0.364 e. The molecule has 3 atom stereocenters. The van der Waals surface area contributed by atoms with Crippen molar-refractivity contribution < 1.29 is 24.9 Å². The lowest BCUT2D eigenvalue weighted by Gasteiger charge is -2.23. The van der Waals surface area contributed by atoms with E-state index in [1.807, 2.05) is 6.92 Å². The Morgan fingerprint density at radius 1 is 1.25 bits per heavy atom. The predicted octanol–water partition coefficient (Wildman–Crippen LogP) is 4.39. The van der Waals surface area contributed by atoms with E-state index in [4.69, 9.17) is 5.11 Å². The lowest BCUT2D eigenvalue weighted by molar-refractivity contribution is -0.217. The number of Topliss-reactive ketones (excluding diaryl/α,β-unsaturated/α-hetero) is 1. The molecule has 0 radical (unpaired) electrons. The Morgan fingerprint density at radius 2 is 2.00 bits per heavy atom. The quantitative estimate of drug-likeness (QED) is 0.187. The average Bonchev–Trinajstić information content (AvgIpc) is 3.00. The first-order chi connectivity index (χ1) is 13.3. The number of rotatable bonds is 13. The molecule has 5 heteroatoms. The van der Waals surface area contributed by atoms with E-state index >= 15 is 0 Å². The summed E-state index contributed by atoms with van der Waals surface area (Å²) in [4.78, 5) is 23.2. The molecular formula is C23H36O5. The van der Waals surface area contributed by atoms with Crippen molar-refractivity contribution >= 4 is 11.8 Å². The molecule has 1 rings (SSSR count). The second kappa shape index (κ2) is 12.7. The van der Waals surface area contributed by atoms with Crippen LogP contribution in [0.15, 0.2) is 30.0 Å². The van der Waals surface area contributed by atoms with Crippen molar-refractivity contribution in [3.8, 4) is 0 Å². The van der Waals surface area contributed by atoms with Crippen LogP contribution in [0.25, 0.3) is 0 Å². The number of unbranched alkanes of at least 4 members (excludes halogenated alkanes) is 4. The van der Waals surface area contributed by atoms with Gasteiger partial charge in [-0.2, -0.15) is 0 Å². The number of aliphatic carboxylic acids is 1. The third-order valence-electron chi connectivity index (χ3n) is 5.48. The zero-order valence-electron chi connectivity index (χ0n) is 17.3. The molecule has 0 bridgehead atoms. The summed E-state index contributed by atoms with van der Waals surface area (Å²) in [6.45, 7) is 4.04. The Balaban J connectivity index is 2.65. The molecule has 3 N–H and O–H groups in total. The van der Waals surface area contributed by atoms with Gasteiger partial charge in [0.2, 0.25) is 0 Å². The number of carbonyl (C=O) groups excluding carboxylic acids is 1. The van der Waals surface area contributed by atoms with Crippen molar-refractivity contribution in [1.29, 1.82) is 0 Å². The molecule has 1 aliphatic carbocycles.